The van der Waals surface area contributed by atoms with Crippen LogP contribution in [0.5, 0.6) is 0 Å². The van der Waals surface area contributed by atoms with Crippen LogP contribution in [0.1, 0.15) is 0 Å². The molecule has 0 unspecified atom stereocenters. The monoisotopic (exact) mass is 412 g/mol. The third-order valence-corrected chi connectivity index (χ3v) is 5.56. The van der Waals surface area contributed by atoms with Crippen LogP contribution in [-0.2, 0) is 11.3 Å². The molecule has 4 rings (SSSR count). The summed E-state index contributed by atoms with van der Waals surface area (Å²) >= 11 is 7.59. The molecule has 7 nitrogen and oxygen atoms in total. The molecule has 0 spiro atoms. The van der Waals surface area contributed by atoms with E-state index in [1.54, 1.807) is 42.5 Å². The molecular weight excluding hydrogens is 396 g/mol. The van der Waals surface area contributed by atoms with Crippen molar-refractivity contribution in [1.29, 1.82) is 0 Å². The zero-order valence-electron chi connectivity index (χ0n) is 15.3. The summed E-state index contributed by atoms with van der Waals surface area (Å²) in [6.45, 7) is 0.188. The number of hydrogen-bond donors (Lipinski definition) is 1. The van der Waals surface area contributed by atoms with Gasteiger partial charge in [-0.1, -0.05) is 23.7 Å². The predicted octanol–water partition coefficient (Wildman–Crippen LogP) is 4.04. The van der Waals surface area contributed by atoms with Gasteiger partial charge in [0.25, 0.3) is 0 Å². The minimum atomic E-state index is -0.0232. The highest BCUT2D eigenvalue weighted by atomic mass is 35.5. The molecule has 0 radical (unpaired) electrons. The van der Waals surface area contributed by atoms with E-state index in [0.717, 1.165) is 26.3 Å². The standard InChI is InChI=1S/C19H17ClN6OS/c1-25(2)17(27)10-26-9-14(8-23-26)24-19-18-15(21-11-22-19)7-16(28-18)12-3-5-13(20)6-4-12/h3-9,11H,10H2,1-2H3,(H,21,22,24). The number of hydrogen-bond acceptors (Lipinski definition) is 6. The Morgan fingerprint density at radius 2 is 2.04 bits per heavy atom. The highest BCUT2D eigenvalue weighted by molar-refractivity contribution is 7.22. The van der Waals surface area contributed by atoms with E-state index in [4.69, 9.17) is 11.6 Å². The van der Waals surface area contributed by atoms with Crippen molar-refractivity contribution in [2.45, 2.75) is 6.54 Å². The molecule has 3 heterocycles. The Morgan fingerprint density at radius 3 is 2.79 bits per heavy atom. The Labute approximate surface area is 170 Å². The van der Waals surface area contributed by atoms with Crippen LogP contribution in [0.3, 0.4) is 0 Å². The number of halogens is 1. The van der Waals surface area contributed by atoms with E-state index in [2.05, 4.69) is 20.4 Å². The molecule has 3 aromatic heterocycles. The van der Waals surface area contributed by atoms with Crippen molar-refractivity contribution in [3.8, 4) is 10.4 Å². The number of likely N-dealkylation sites (N-methyl/N-ethyl adjacent to an activating group) is 1. The topological polar surface area (TPSA) is 75.9 Å². The second kappa shape index (κ2) is 7.57. The summed E-state index contributed by atoms with van der Waals surface area (Å²) in [4.78, 5) is 23.2. The molecule has 0 saturated heterocycles. The summed E-state index contributed by atoms with van der Waals surface area (Å²) in [6.07, 6.45) is 4.98. The van der Waals surface area contributed by atoms with Crippen molar-refractivity contribution in [2.24, 2.45) is 0 Å². The second-order valence-corrected chi connectivity index (χ2v) is 7.88. The van der Waals surface area contributed by atoms with Gasteiger partial charge in [0.2, 0.25) is 5.91 Å². The predicted molar refractivity (Wildman–Crippen MR) is 112 cm³/mol. The number of carbonyl (C=O) groups is 1. The smallest absolute Gasteiger partial charge is 0.243 e. The first kappa shape index (κ1) is 18.4. The van der Waals surface area contributed by atoms with E-state index in [0.29, 0.717) is 10.8 Å². The van der Waals surface area contributed by atoms with E-state index in [1.165, 1.54) is 11.2 Å². The number of rotatable bonds is 5. The van der Waals surface area contributed by atoms with Gasteiger partial charge in [0.1, 0.15) is 12.9 Å². The van der Waals surface area contributed by atoms with Gasteiger partial charge < -0.3 is 10.2 Å². The Balaban J connectivity index is 1.60. The zero-order chi connectivity index (χ0) is 19.7. The molecule has 0 aliphatic rings. The van der Waals surface area contributed by atoms with Gasteiger partial charge in [0.05, 0.1) is 22.1 Å². The summed E-state index contributed by atoms with van der Waals surface area (Å²) in [5.74, 6) is 0.679. The van der Waals surface area contributed by atoms with Gasteiger partial charge in [0.15, 0.2) is 5.82 Å². The molecule has 0 aliphatic heterocycles. The fraction of sp³-hybridized carbons (Fsp3) is 0.158. The summed E-state index contributed by atoms with van der Waals surface area (Å²) in [7, 11) is 3.44. The number of nitrogens with zero attached hydrogens (tertiary/aromatic N) is 5. The summed E-state index contributed by atoms with van der Waals surface area (Å²) in [6, 6.07) is 9.75. The van der Waals surface area contributed by atoms with Crippen LogP contribution in [0.4, 0.5) is 11.5 Å². The fourth-order valence-corrected chi connectivity index (χ4v) is 3.82. The van der Waals surface area contributed by atoms with Gasteiger partial charge in [-0.15, -0.1) is 11.3 Å². The van der Waals surface area contributed by atoms with Gasteiger partial charge in [0, 0.05) is 30.2 Å². The van der Waals surface area contributed by atoms with E-state index in [-0.39, 0.29) is 12.5 Å². The molecule has 0 aliphatic carbocycles. The molecule has 1 amide bonds. The number of anilines is 2. The minimum absolute atomic E-state index is 0.0232. The molecule has 28 heavy (non-hydrogen) atoms. The van der Waals surface area contributed by atoms with Crippen molar-refractivity contribution in [3.63, 3.8) is 0 Å². The maximum absolute atomic E-state index is 11.8. The first-order valence-electron chi connectivity index (χ1n) is 8.50. The van der Waals surface area contributed by atoms with Crippen molar-refractivity contribution in [2.75, 3.05) is 19.4 Å². The fourth-order valence-electron chi connectivity index (χ4n) is 2.63. The molecule has 0 bridgehead atoms. The molecule has 0 atom stereocenters. The molecule has 142 valence electrons. The third-order valence-electron chi connectivity index (χ3n) is 4.13. The van der Waals surface area contributed by atoms with Crippen LogP contribution >= 0.6 is 22.9 Å². The molecule has 1 aromatic carbocycles. The maximum atomic E-state index is 11.8. The van der Waals surface area contributed by atoms with Crippen LogP contribution in [-0.4, -0.2) is 44.7 Å². The SMILES string of the molecule is CN(C)C(=O)Cn1cc(Nc2ncnc3cc(-c4ccc(Cl)cc4)sc23)cn1. The van der Waals surface area contributed by atoms with Crippen molar-refractivity contribution < 1.29 is 4.79 Å². The van der Waals surface area contributed by atoms with Gasteiger partial charge in [-0.3, -0.25) is 9.48 Å². The average molecular weight is 413 g/mol. The summed E-state index contributed by atoms with van der Waals surface area (Å²) in [5, 5.41) is 8.21. The van der Waals surface area contributed by atoms with Gasteiger partial charge in [-0.25, -0.2) is 9.97 Å². The normalized spacial score (nSPS) is 11.0. The maximum Gasteiger partial charge on any atom is 0.243 e. The molecule has 1 N–H and O–H groups in total. The lowest BCUT2D eigenvalue weighted by atomic mass is 10.2. The number of benzene rings is 1. The van der Waals surface area contributed by atoms with Crippen LogP contribution < -0.4 is 5.32 Å². The lowest BCUT2D eigenvalue weighted by Gasteiger charge is -2.09. The van der Waals surface area contributed by atoms with Crippen LogP contribution in [0, 0.1) is 0 Å². The zero-order valence-corrected chi connectivity index (χ0v) is 16.8. The Morgan fingerprint density at radius 1 is 1.25 bits per heavy atom. The highest BCUT2D eigenvalue weighted by Gasteiger charge is 2.12. The van der Waals surface area contributed by atoms with Crippen molar-refractivity contribution in [3.05, 3.63) is 54.1 Å². The second-order valence-electron chi connectivity index (χ2n) is 6.39. The largest absolute Gasteiger partial charge is 0.347 e. The first-order valence-corrected chi connectivity index (χ1v) is 9.69. The number of thiophene rings is 1. The molecule has 0 saturated carbocycles. The number of fused-ring (bicyclic) bond motifs is 1. The Hall–Kier alpha value is -2.97. The number of amides is 1. The lowest BCUT2D eigenvalue weighted by molar-refractivity contribution is -0.129. The van der Waals surface area contributed by atoms with E-state index in [1.807, 2.05) is 30.3 Å². The van der Waals surface area contributed by atoms with Crippen LogP contribution in [0.15, 0.2) is 49.1 Å². The van der Waals surface area contributed by atoms with E-state index in [9.17, 15) is 4.79 Å². The van der Waals surface area contributed by atoms with E-state index < -0.39 is 0 Å². The Kier molecular flexibility index (Phi) is 4.97. The average Bonchev–Trinajstić information content (AvgIpc) is 3.29. The highest BCUT2D eigenvalue weighted by Crippen LogP contribution is 2.36. The molecular formula is C19H17ClN6OS. The van der Waals surface area contributed by atoms with Gasteiger partial charge in [-0.2, -0.15) is 5.10 Å². The summed E-state index contributed by atoms with van der Waals surface area (Å²) < 4.78 is 2.54. The quantitative estimate of drug-likeness (QED) is 0.535. The van der Waals surface area contributed by atoms with Crippen LogP contribution in [0.25, 0.3) is 20.7 Å². The van der Waals surface area contributed by atoms with E-state index >= 15 is 0 Å². The molecule has 9 heteroatoms. The van der Waals surface area contributed by atoms with Crippen LogP contribution in [0.2, 0.25) is 5.02 Å². The lowest BCUT2D eigenvalue weighted by Crippen LogP contribution is -2.26. The number of nitrogens with one attached hydrogen (secondary N) is 1. The Bertz CT molecular complexity index is 1140. The van der Waals surface area contributed by atoms with Gasteiger partial charge in [-0.05, 0) is 23.8 Å². The first-order chi connectivity index (χ1) is 13.5. The third kappa shape index (κ3) is 3.83. The van der Waals surface area contributed by atoms with Crippen molar-refractivity contribution in [1.82, 2.24) is 24.6 Å². The van der Waals surface area contributed by atoms with Gasteiger partial charge >= 0.3 is 0 Å². The molecule has 4 aromatic rings. The van der Waals surface area contributed by atoms with Crippen molar-refractivity contribution >= 4 is 50.6 Å². The molecule has 0 fully saturated rings. The number of carbonyl (C=O) groups excluding carboxylic acids is 1. The number of aromatic nitrogens is 4. The summed E-state index contributed by atoms with van der Waals surface area (Å²) in [5.41, 5.74) is 2.70. The minimum Gasteiger partial charge on any atom is -0.347 e.